The highest BCUT2D eigenvalue weighted by atomic mass is 32.1. The lowest BCUT2D eigenvalue weighted by Gasteiger charge is -2.48. The van der Waals surface area contributed by atoms with Crippen LogP contribution in [0.15, 0.2) is 24.3 Å². The fourth-order valence-corrected chi connectivity index (χ4v) is 6.05. The summed E-state index contributed by atoms with van der Waals surface area (Å²) < 4.78 is 5.55. The molecule has 2 N–H and O–H groups in total. The zero-order chi connectivity index (χ0) is 19.9. The van der Waals surface area contributed by atoms with Gasteiger partial charge in [-0.2, -0.15) is 0 Å². The first-order valence-electron chi connectivity index (χ1n) is 10.1. The first kappa shape index (κ1) is 19.5. The molecule has 2 aliphatic rings. The van der Waals surface area contributed by atoms with Gasteiger partial charge in [0.2, 0.25) is 0 Å². The summed E-state index contributed by atoms with van der Waals surface area (Å²) >= 11 is 1.66. The molecule has 0 spiro atoms. The lowest BCUT2D eigenvalue weighted by Crippen LogP contribution is -2.40. The fourth-order valence-electron chi connectivity index (χ4n) is 4.88. The molecular formula is C23H29NO3S. The van der Waals surface area contributed by atoms with Gasteiger partial charge in [-0.05, 0) is 65.8 Å². The standard InChI is InChI=1S/C23H29NO3S/c1-14-20-17(11-19-18(20)12-23(19,2)3)21(28-14)22(26)24-13-15-5-7-16(8-6-15)27-10-4-9-25/h5-8,18-19,25H,4,9-13H2,1-3H3,(H,24,26)/t18-,19-/m1/s1. The lowest BCUT2D eigenvalue weighted by atomic mass is 9.56. The van der Waals surface area contributed by atoms with Gasteiger partial charge >= 0.3 is 0 Å². The number of fused-ring (bicyclic) bond motifs is 3. The number of hydrogen-bond donors (Lipinski definition) is 2. The van der Waals surface area contributed by atoms with E-state index in [4.69, 9.17) is 9.84 Å². The van der Waals surface area contributed by atoms with E-state index < -0.39 is 0 Å². The van der Waals surface area contributed by atoms with Gasteiger partial charge in [0.25, 0.3) is 5.91 Å². The molecule has 1 fully saturated rings. The number of ether oxygens (including phenoxy) is 1. The Morgan fingerprint density at radius 1 is 1.32 bits per heavy atom. The Morgan fingerprint density at radius 3 is 2.75 bits per heavy atom. The normalized spacial score (nSPS) is 21.6. The minimum atomic E-state index is 0.0525. The summed E-state index contributed by atoms with van der Waals surface area (Å²) in [5.74, 6) is 2.21. The Bertz CT molecular complexity index is 869. The van der Waals surface area contributed by atoms with Gasteiger partial charge in [0.05, 0.1) is 11.5 Å². The second kappa shape index (κ2) is 7.53. The van der Waals surface area contributed by atoms with E-state index in [2.05, 4.69) is 26.1 Å². The molecule has 0 saturated heterocycles. The van der Waals surface area contributed by atoms with Crippen molar-refractivity contribution in [2.24, 2.45) is 11.3 Å². The molecular weight excluding hydrogens is 370 g/mol. The monoisotopic (exact) mass is 399 g/mol. The first-order valence-corrected chi connectivity index (χ1v) is 11.0. The van der Waals surface area contributed by atoms with Crippen LogP contribution < -0.4 is 10.1 Å². The smallest absolute Gasteiger partial charge is 0.261 e. The average Bonchev–Trinajstić information content (AvgIpc) is 3.17. The second-order valence-corrected chi connectivity index (χ2v) is 9.97. The van der Waals surface area contributed by atoms with Gasteiger partial charge in [0.15, 0.2) is 0 Å². The van der Waals surface area contributed by atoms with Crippen LogP contribution in [0.3, 0.4) is 0 Å². The number of carbonyl (C=O) groups is 1. The van der Waals surface area contributed by atoms with Crippen molar-refractivity contribution in [2.75, 3.05) is 13.2 Å². The van der Waals surface area contributed by atoms with Crippen LogP contribution in [0.25, 0.3) is 0 Å². The minimum Gasteiger partial charge on any atom is -0.494 e. The molecule has 0 aliphatic heterocycles. The lowest BCUT2D eigenvalue weighted by molar-refractivity contribution is 0.0518. The molecule has 1 saturated carbocycles. The molecule has 28 heavy (non-hydrogen) atoms. The van der Waals surface area contributed by atoms with Crippen LogP contribution in [-0.4, -0.2) is 24.2 Å². The average molecular weight is 400 g/mol. The SMILES string of the molecule is Cc1sc(C(=O)NCc2ccc(OCCCO)cc2)c2c1[C@@H]1CC(C)(C)[C@@H]1C2. The van der Waals surface area contributed by atoms with Gasteiger partial charge in [0.1, 0.15) is 5.75 Å². The molecule has 0 unspecified atom stereocenters. The summed E-state index contributed by atoms with van der Waals surface area (Å²) in [6.45, 7) is 8.04. The zero-order valence-electron chi connectivity index (χ0n) is 16.9. The number of thiophene rings is 1. The van der Waals surface area contributed by atoms with Crippen LogP contribution in [0.4, 0.5) is 0 Å². The molecule has 0 bridgehead atoms. The van der Waals surface area contributed by atoms with Crippen molar-refractivity contribution in [3.05, 3.63) is 50.7 Å². The van der Waals surface area contributed by atoms with E-state index in [-0.39, 0.29) is 12.5 Å². The molecule has 4 nitrogen and oxygen atoms in total. The number of benzene rings is 1. The fraction of sp³-hybridized carbons (Fsp3) is 0.522. The van der Waals surface area contributed by atoms with Crippen LogP contribution in [-0.2, 0) is 13.0 Å². The van der Waals surface area contributed by atoms with Crippen molar-refractivity contribution in [1.82, 2.24) is 5.32 Å². The van der Waals surface area contributed by atoms with Crippen molar-refractivity contribution in [1.29, 1.82) is 0 Å². The quantitative estimate of drug-likeness (QED) is 0.677. The van der Waals surface area contributed by atoms with Gasteiger partial charge in [-0.25, -0.2) is 0 Å². The topological polar surface area (TPSA) is 58.6 Å². The number of amides is 1. The number of hydrogen-bond acceptors (Lipinski definition) is 4. The van der Waals surface area contributed by atoms with Crippen LogP contribution in [0.1, 0.15) is 63.8 Å². The van der Waals surface area contributed by atoms with E-state index in [0.717, 1.165) is 22.6 Å². The van der Waals surface area contributed by atoms with E-state index in [1.54, 1.807) is 11.3 Å². The number of carbonyl (C=O) groups excluding carboxylic acids is 1. The molecule has 150 valence electrons. The predicted molar refractivity (Wildman–Crippen MR) is 112 cm³/mol. The predicted octanol–water partition coefficient (Wildman–Crippen LogP) is 4.43. The van der Waals surface area contributed by atoms with Crippen LogP contribution >= 0.6 is 11.3 Å². The van der Waals surface area contributed by atoms with Gasteiger partial charge in [-0.1, -0.05) is 26.0 Å². The van der Waals surface area contributed by atoms with Crippen molar-refractivity contribution in [3.8, 4) is 5.75 Å². The van der Waals surface area contributed by atoms with Gasteiger partial charge < -0.3 is 15.2 Å². The van der Waals surface area contributed by atoms with E-state index in [9.17, 15) is 4.79 Å². The summed E-state index contributed by atoms with van der Waals surface area (Å²) in [5.41, 5.74) is 4.24. The van der Waals surface area contributed by atoms with Crippen molar-refractivity contribution in [3.63, 3.8) is 0 Å². The number of rotatable bonds is 7. The molecule has 1 aromatic carbocycles. The van der Waals surface area contributed by atoms with Gasteiger partial charge in [-0.15, -0.1) is 11.3 Å². The summed E-state index contributed by atoms with van der Waals surface area (Å²) in [6, 6.07) is 7.76. The highest BCUT2D eigenvalue weighted by Gasteiger charge is 2.53. The van der Waals surface area contributed by atoms with Gasteiger partial charge in [-0.3, -0.25) is 4.79 Å². The maximum atomic E-state index is 12.9. The Balaban J connectivity index is 1.38. The second-order valence-electron chi connectivity index (χ2n) is 8.74. The van der Waals surface area contributed by atoms with Crippen molar-refractivity contribution >= 4 is 17.2 Å². The highest BCUT2D eigenvalue weighted by molar-refractivity contribution is 7.14. The summed E-state index contributed by atoms with van der Waals surface area (Å²) in [4.78, 5) is 15.1. The van der Waals surface area contributed by atoms with E-state index in [0.29, 0.717) is 36.8 Å². The third-order valence-corrected chi connectivity index (χ3v) is 7.58. The maximum Gasteiger partial charge on any atom is 0.261 e. The molecule has 1 aromatic heterocycles. The Kier molecular flexibility index (Phi) is 5.23. The molecule has 1 amide bonds. The molecule has 0 radical (unpaired) electrons. The van der Waals surface area contributed by atoms with E-state index in [1.807, 2.05) is 24.3 Å². The number of aliphatic hydroxyl groups is 1. The Hall–Kier alpha value is -1.85. The van der Waals surface area contributed by atoms with Crippen LogP contribution in [0.2, 0.25) is 0 Å². The number of aliphatic hydroxyl groups excluding tert-OH is 1. The maximum absolute atomic E-state index is 12.9. The third-order valence-electron chi connectivity index (χ3n) is 6.42. The largest absolute Gasteiger partial charge is 0.494 e. The Labute approximate surface area is 170 Å². The third kappa shape index (κ3) is 3.46. The highest BCUT2D eigenvalue weighted by Crippen LogP contribution is 2.63. The van der Waals surface area contributed by atoms with Crippen molar-refractivity contribution in [2.45, 2.75) is 52.5 Å². The molecule has 2 aliphatic carbocycles. The van der Waals surface area contributed by atoms with Crippen LogP contribution in [0, 0.1) is 18.3 Å². The summed E-state index contributed by atoms with van der Waals surface area (Å²) in [7, 11) is 0. The first-order chi connectivity index (χ1) is 13.4. The molecule has 2 aromatic rings. The van der Waals surface area contributed by atoms with E-state index >= 15 is 0 Å². The number of nitrogens with one attached hydrogen (secondary N) is 1. The summed E-state index contributed by atoms with van der Waals surface area (Å²) in [5, 5.41) is 11.9. The van der Waals surface area contributed by atoms with Crippen molar-refractivity contribution < 1.29 is 14.6 Å². The molecule has 4 rings (SSSR count). The molecule has 1 heterocycles. The Morgan fingerprint density at radius 2 is 2.07 bits per heavy atom. The van der Waals surface area contributed by atoms with Gasteiger partial charge in [0, 0.05) is 24.4 Å². The van der Waals surface area contributed by atoms with E-state index in [1.165, 1.54) is 22.4 Å². The number of aryl methyl sites for hydroxylation is 1. The van der Waals surface area contributed by atoms with Crippen LogP contribution in [0.5, 0.6) is 5.75 Å². The molecule has 2 atom stereocenters. The minimum absolute atomic E-state index is 0.0525. The zero-order valence-corrected chi connectivity index (χ0v) is 17.7. The summed E-state index contributed by atoms with van der Waals surface area (Å²) in [6.07, 6.45) is 2.93. The molecule has 5 heteroatoms.